The summed E-state index contributed by atoms with van der Waals surface area (Å²) in [5, 5.41) is 9.86. The molecule has 2 unspecified atom stereocenters. The standard InChI is InChI=1S/C24H34O4/c1-17-15-22-21(16-23(25)28-22)20(17)13-12-19(27-24-9-5-6-14-26-24)11-10-18-7-3-2-4-8-18/h2-4,7-8,12-13,17,19-25H,5-6,9-11,14-16H2,1H3/b13-12+/t17-,19+,20+,21-,22+,23?,24?/m1/s1. The van der Waals surface area contributed by atoms with E-state index in [1.807, 2.05) is 0 Å². The van der Waals surface area contributed by atoms with Crippen molar-refractivity contribution < 1.29 is 19.3 Å². The molecule has 0 radical (unpaired) electrons. The Balaban J connectivity index is 1.40. The van der Waals surface area contributed by atoms with Crippen molar-refractivity contribution in [2.45, 2.75) is 76.7 Å². The number of rotatable bonds is 7. The molecule has 0 bridgehead atoms. The van der Waals surface area contributed by atoms with E-state index in [9.17, 15) is 5.11 Å². The number of aryl methyl sites for hydroxylation is 1. The molecule has 1 aromatic carbocycles. The van der Waals surface area contributed by atoms with Gasteiger partial charge in [-0.1, -0.05) is 49.4 Å². The van der Waals surface area contributed by atoms with E-state index in [1.165, 1.54) is 12.0 Å². The fraction of sp³-hybridized carbons (Fsp3) is 0.667. The third kappa shape index (κ3) is 5.04. The Morgan fingerprint density at radius 3 is 2.86 bits per heavy atom. The van der Waals surface area contributed by atoms with Crippen molar-refractivity contribution >= 4 is 0 Å². The van der Waals surface area contributed by atoms with Crippen molar-refractivity contribution in [3.8, 4) is 0 Å². The summed E-state index contributed by atoms with van der Waals surface area (Å²) in [5.74, 6) is 1.47. The van der Waals surface area contributed by atoms with Gasteiger partial charge in [-0.05, 0) is 61.8 Å². The van der Waals surface area contributed by atoms with E-state index in [4.69, 9.17) is 14.2 Å². The smallest absolute Gasteiger partial charge is 0.158 e. The van der Waals surface area contributed by atoms with Crippen molar-refractivity contribution in [1.29, 1.82) is 0 Å². The maximum absolute atomic E-state index is 9.86. The Kier molecular flexibility index (Phi) is 6.84. The molecule has 7 atom stereocenters. The van der Waals surface area contributed by atoms with Gasteiger partial charge in [-0.15, -0.1) is 0 Å². The SMILES string of the molecule is C[C@@H]1C[C@@H]2OC(O)C[C@@H]2[C@H]1/C=C/[C@H](CCc1ccccc1)OC1CCCCO1. The second-order valence-electron chi connectivity index (χ2n) is 8.70. The van der Waals surface area contributed by atoms with Gasteiger partial charge >= 0.3 is 0 Å². The minimum absolute atomic E-state index is 0.0572. The first-order valence-electron chi connectivity index (χ1n) is 11.0. The molecular formula is C24H34O4. The van der Waals surface area contributed by atoms with Crippen LogP contribution in [0, 0.1) is 17.8 Å². The van der Waals surface area contributed by atoms with Gasteiger partial charge in [0.1, 0.15) is 0 Å². The molecule has 2 saturated heterocycles. The van der Waals surface area contributed by atoms with Gasteiger partial charge in [0.15, 0.2) is 12.6 Å². The number of benzene rings is 1. The van der Waals surface area contributed by atoms with Crippen molar-refractivity contribution in [3.05, 3.63) is 48.0 Å². The lowest BCUT2D eigenvalue weighted by Gasteiger charge is -2.27. The second-order valence-corrected chi connectivity index (χ2v) is 8.70. The van der Waals surface area contributed by atoms with Crippen LogP contribution in [-0.4, -0.2) is 36.5 Å². The molecule has 1 aliphatic carbocycles. The van der Waals surface area contributed by atoms with Gasteiger partial charge in [0.05, 0.1) is 12.2 Å². The highest BCUT2D eigenvalue weighted by Crippen LogP contribution is 2.46. The van der Waals surface area contributed by atoms with Crippen LogP contribution in [0.5, 0.6) is 0 Å². The minimum atomic E-state index is -0.584. The maximum atomic E-state index is 9.86. The summed E-state index contributed by atoms with van der Waals surface area (Å²) in [6, 6.07) is 10.6. The number of aliphatic hydroxyl groups is 1. The first-order valence-corrected chi connectivity index (χ1v) is 11.0. The highest BCUT2D eigenvalue weighted by atomic mass is 16.7. The van der Waals surface area contributed by atoms with Crippen LogP contribution in [0.3, 0.4) is 0 Å². The summed E-state index contributed by atoms with van der Waals surface area (Å²) in [4.78, 5) is 0. The van der Waals surface area contributed by atoms with Gasteiger partial charge in [-0.3, -0.25) is 0 Å². The molecule has 0 amide bonds. The van der Waals surface area contributed by atoms with E-state index in [0.29, 0.717) is 17.8 Å². The largest absolute Gasteiger partial charge is 0.368 e. The maximum Gasteiger partial charge on any atom is 0.158 e. The predicted octanol–water partition coefficient (Wildman–Crippen LogP) is 4.47. The van der Waals surface area contributed by atoms with Crippen molar-refractivity contribution in [1.82, 2.24) is 0 Å². The number of ether oxygens (including phenoxy) is 3. The van der Waals surface area contributed by atoms with Crippen LogP contribution in [0.2, 0.25) is 0 Å². The predicted molar refractivity (Wildman–Crippen MR) is 109 cm³/mol. The third-order valence-corrected chi connectivity index (χ3v) is 6.61. The topological polar surface area (TPSA) is 47.9 Å². The van der Waals surface area contributed by atoms with Crippen molar-refractivity contribution in [3.63, 3.8) is 0 Å². The molecule has 4 rings (SSSR count). The summed E-state index contributed by atoms with van der Waals surface area (Å²) in [6.45, 7) is 3.10. The molecule has 1 aromatic rings. The Morgan fingerprint density at radius 1 is 1.21 bits per heavy atom. The Hall–Kier alpha value is -1.20. The number of allylic oxidation sites excluding steroid dienone is 1. The van der Waals surface area contributed by atoms with Crippen LogP contribution >= 0.6 is 0 Å². The van der Waals surface area contributed by atoms with Crippen LogP contribution in [0.15, 0.2) is 42.5 Å². The quantitative estimate of drug-likeness (QED) is 0.703. The summed E-state index contributed by atoms with van der Waals surface area (Å²) in [5.41, 5.74) is 1.34. The van der Waals surface area contributed by atoms with Crippen LogP contribution in [0.1, 0.15) is 51.0 Å². The average molecular weight is 387 g/mol. The Labute approximate surface area is 168 Å². The Morgan fingerprint density at radius 2 is 2.07 bits per heavy atom. The summed E-state index contributed by atoms with van der Waals surface area (Å²) >= 11 is 0. The molecule has 0 spiro atoms. The molecule has 4 heteroatoms. The van der Waals surface area contributed by atoms with Crippen LogP contribution in [0.4, 0.5) is 0 Å². The molecule has 28 heavy (non-hydrogen) atoms. The molecule has 1 saturated carbocycles. The van der Waals surface area contributed by atoms with Crippen LogP contribution in [0.25, 0.3) is 0 Å². The second kappa shape index (κ2) is 9.53. The number of hydrogen-bond acceptors (Lipinski definition) is 4. The summed E-state index contributed by atoms with van der Waals surface area (Å²) in [7, 11) is 0. The lowest BCUT2D eigenvalue weighted by atomic mass is 9.87. The lowest BCUT2D eigenvalue weighted by molar-refractivity contribution is -0.179. The molecule has 1 N–H and O–H groups in total. The van der Waals surface area contributed by atoms with Gasteiger partial charge in [0.2, 0.25) is 0 Å². The van der Waals surface area contributed by atoms with Crippen LogP contribution < -0.4 is 0 Å². The molecule has 3 aliphatic rings. The average Bonchev–Trinajstić information content (AvgIpc) is 3.20. The fourth-order valence-electron chi connectivity index (χ4n) is 5.09. The van der Waals surface area contributed by atoms with Gasteiger partial charge in [-0.25, -0.2) is 0 Å². The summed E-state index contributed by atoms with van der Waals surface area (Å²) < 4.78 is 17.9. The molecular weight excluding hydrogens is 352 g/mol. The number of fused-ring (bicyclic) bond motifs is 1. The van der Waals surface area contributed by atoms with E-state index in [1.54, 1.807) is 0 Å². The zero-order valence-electron chi connectivity index (χ0n) is 16.9. The number of aliphatic hydroxyl groups excluding tert-OH is 1. The fourth-order valence-corrected chi connectivity index (χ4v) is 5.09. The molecule has 2 heterocycles. The van der Waals surface area contributed by atoms with Crippen LogP contribution in [-0.2, 0) is 20.6 Å². The zero-order chi connectivity index (χ0) is 19.3. The van der Waals surface area contributed by atoms with Gasteiger partial charge in [0, 0.05) is 13.0 Å². The summed E-state index contributed by atoms with van der Waals surface area (Å²) in [6.07, 6.45) is 11.3. The number of hydrogen-bond donors (Lipinski definition) is 1. The first kappa shape index (κ1) is 20.1. The highest BCUT2D eigenvalue weighted by Gasteiger charge is 2.46. The van der Waals surface area contributed by atoms with Gasteiger partial charge in [0.25, 0.3) is 0 Å². The van der Waals surface area contributed by atoms with E-state index in [0.717, 1.165) is 45.1 Å². The molecule has 154 valence electrons. The van der Waals surface area contributed by atoms with Crippen molar-refractivity contribution in [2.75, 3.05) is 6.61 Å². The first-order chi connectivity index (χ1) is 13.7. The lowest BCUT2D eigenvalue weighted by Crippen LogP contribution is -2.27. The van der Waals surface area contributed by atoms with Gasteiger partial charge in [-0.2, -0.15) is 0 Å². The Bertz CT molecular complexity index is 625. The van der Waals surface area contributed by atoms with E-state index in [-0.39, 0.29) is 18.5 Å². The molecule has 4 nitrogen and oxygen atoms in total. The zero-order valence-corrected chi connectivity index (χ0v) is 16.9. The minimum Gasteiger partial charge on any atom is -0.368 e. The van der Waals surface area contributed by atoms with E-state index < -0.39 is 6.29 Å². The monoisotopic (exact) mass is 386 g/mol. The molecule has 3 fully saturated rings. The van der Waals surface area contributed by atoms with Crippen molar-refractivity contribution in [2.24, 2.45) is 17.8 Å². The third-order valence-electron chi connectivity index (χ3n) is 6.61. The van der Waals surface area contributed by atoms with E-state index >= 15 is 0 Å². The normalized spacial score (nSPS) is 36.6. The molecule has 2 aliphatic heterocycles. The van der Waals surface area contributed by atoms with Gasteiger partial charge < -0.3 is 19.3 Å². The van der Waals surface area contributed by atoms with E-state index in [2.05, 4.69) is 49.4 Å². The molecule has 0 aromatic heterocycles. The highest BCUT2D eigenvalue weighted by molar-refractivity contribution is 5.15.